The summed E-state index contributed by atoms with van der Waals surface area (Å²) in [7, 11) is -1.89. The van der Waals surface area contributed by atoms with Gasteiger partial charge in [-0.15, -0.1) is 0 Å². The van der Waals surface area contributed by atoms with Gasteiger partial charge < -0.3 is 4.74 Å². The van der Waals surface area contributed by atoms with Gasteiger partial charge in [0.15, 0.2) is 0 Å². The van der Waals surface area contributed by atoms with Crippen molar-refractivity contribution in [1.29, 1.82) is 0 Å². The highest BCUT2D eigenvalue weighted by molar-refractivity contribution is 7.89. The van der Waals surface area contributed by atoms with Gasteiger partial charge in [-0.1, -0.05) is 18.2 Å². The lowest BCUT2D eigenvalue weighted by Gasteiger charge is -2.28. The minimum atomic E-state index is -3.41. The minimum Gasteiger partial charge on any atom is -0.381 e. The topological polar surface area (TPSA) is 46.6 Å². The Hall–Kier alpha value is -0.980. The molecular formula is C15H22FNO3S. The van der Waals surface area contributed by atoms with Crippen molar-refractivity contribution in [3.8, 4) is 0 Å². The Morgan fingerprint density at radius 1 is 1.33 bits per heavy atom. The Morgan fingerprint density at radius 3 is 2.57 bits per heavy atom. The van der Waals surface area contributed by atoms with Crippen LogP contribution in [0, 0.1) is 11.7 Å². The highest BCUT2D eigenvalue weighted by atomic mass is 32.2. The molecule has 1 aliphatic rings. The standard InChI is InChI=1S/C15H22FNO3S/c1-12(14-5-3-4-6-15(14)16)17(2)21(18,19)11-13-7-9-20-10-8-13/h3-6,12-13H,7-11H2,1-2H3/t12-/m0/s1. The maximum absolute atomic E-state index is 13.8. The van der Waals surface area contributed by atoms with Gasteiger partial charge in [0.05, 0.1) is 5.75 Å². The van der Waals surface area contributed by atoms with Crippen LogP contribution in [0.1, 0.15) is 31.4 Å². The average Bonchev–Trinajstić information content (AvgIpc) is 2.47. The number of benzene rings is 1. The van der Waals surface area contributed by atoms with Crippen LogP contribution in [-0.4, -0.2) is 38.7 Å². The molecular weight excluding hydrogens is 293 g/mol. The number of hydrogen-bond acceptors (Lipinski definition) is 3. The van der Waals surface area contributed by atoms with Crippen LogP contribution in [0.25, 0.3) is 0 Å². The molecule has 1 fully saturated rings. The van der Waals surface area contributed by atoms with Crippen molar-refractivity contribution < 1.29 is 17.5 Å². The average molecular weight is 315 g/mol. The van der Waals surface area contributed by atoms with Crippen molar-refractivity contribution in [2.75, 3.05) is 26.0 Å². The van der Waals surface area contributed by atoms with Crippen LogP contribution >= 0.6 is 0 Å². The number of sulfonamides is 1. The Morgan fingerprint density at radius 2 is 1.95 bits per heavy atom. The predicted octanol–water partition coefficient (Wildman–Crippen LogP) is 2.57. The lowest BCUT2D eigenvalue weighted by molar-refractivity contribution is 0.0720. The zero-order chi connectivity index (χ0) is 15.5. The number of halogens is 1. The normalized spacial score (nSPS) is 18.9. The molecule has 1 aliphatic heterocycles. The fourth-order valence-electron chi connectivity index (χ4n) is 2.58. The van der Waals surface area contributed by atoms with E-state index in [9.17, 15) is 12.8 Å². The van der Waals surface area contributed by atoms with E-state index >= 15 is 0 Å². The maximum atomic E-state index is 13.8. The quantitative estimate of drug-likeness (QED) is 0.839. The van der Waals surface area contributed by atoms with Crippen LogP contribution < -0.4 is 0 Å². The summed E-state index contributed by atoms with van der Waals surface area (Å²) in [6.45, 7) is 2.94. The molecule has 1 heterocycles. The van der Waals surface area contributed by atoms with Crippen molar-refractivity contribution in [3.63, 3.8) is 0 Å². The predicted molar refractivity (Wildman–Crippen MR) is 79.9 cm³/mol. The number of ether oxygens (including phenoxy) is 1. The van der Waals surface area contributed by atoms with Crippen molar-refractivity contribution in [3.05, 3.63) is 35.6 Å². The summed E-state index contributed by atoms with van der Waals surface area (Å²) >= 11 is 0. The third-order valence-electron chi connectivity index (χ3n) is 4.13. The first-order valence-corrected chi connectivity index (χ1v) is 8.80. The lowest BCUT2D eigenvalue weighted by atomic mass is 10.0. The second-order valence-electron chi connectivity index (χ2n) is 5.55. The van der Waals surface area contributed by atoms with E-state index < -0.39 is 16.1 Å². The third kappa shape index (κ3) is 4.02. The minimum absolute atomic E-state index is 0.103. The molecule has 1 aromatic carbocycles. The van der Waals surface area contributed by atoms with E-state index in [1.807, 2.05) is 0 Å². The second-order valence-corrected chi connectivity index (χ2v) is 7.62. The molecule has 0 aliphatic carbocycles. The van der Waals surface area contributed by atoms with E-state index in [0.717, 1.165) is 12.8 Å². The Balaban J connectivity index is 2.10. The summed E-state index contributed by atoms with van der Waals surface area (Å²) in [6, 6.07) is 5.78. The molecule has 0 aromatic heterocycles. The maximum Gasteiger partial charge on any atom is 0.214 e. The number of hydrogen-bond donors (Lipinski definition) is 0. The zero-order valence-electron chi connectivity index (χ0n) is 12.5. The number of nitrogens with zero attached hydrogens (tertiary/aromatic N) is 1. The Labute approximate surface area is 126 Å². The number of rotatable bonds is 5. The molecule has 118 valence electrons. The lowest BCUT2D eigenvalue weighted by Crippen LogP contribution is -2.35. The van der Waals surface area contributed by atoms with Crippen LogP contribution in [0.4, 0.5) is 4.39 Å². The van der Waals surface area contributed by atoms with E-state index in [4.69, 9.17) is 4.74 Å². The first kappa shape index (κ1) is 16.4. The van der Waals surface area contributed by atoms with Crippen LogP contribution in [-0.2, 0) is 14.8 Å². The van der Waals surface area contributed by atoms with E-state index in [1.165, 1.54) is 17.4 Å². The molecule has 21 heavy (non-hydrogen) atoms. The van der Waals surface area contributed by atoms with Gasteiger partial charge in [0, 0.05) is 31.9 Å². The van der Waals surface area contributed by atoms with Crippen LogP contribution in [0.5, 0.6) is 0 Å². The largest absolute Gasteiger partial charge is 0.381 e. The van der Waals surface area contributed by atoms with E-state index in [-0.39, 0.29) is 17.5 Å². The van der Waals surface area contributed by atoms with Crippen molar-refractivity contribution >= 4 is 10.0 Å². The fraction of sp³-hybridized carbons (Fsp3) is 0.600. The summed E-state index contributed by atoms with van der Waals surface area (Å²) in [4.78, 5) is 0. The van der Waals surface area contributed by atoms with Gasteiger partial charge in [-0.3, -0.25) is 0 Å². The molecule has 0 saturated carbocycles. The Kier molecular flexibility index (Phi) is 5.35. The Bertz CT molecular complexity index is 570. The molecule has 2 rings (SSSR count). The molecule has 4 nitrogen and oxygen atoms in total. The van der Waals surface area contributed by atoms with Gasteiger partial charge in [0.1, 0.15) is 5.82 Å². The van der Waals surface area contributed by atoms with Gasteiger partial charge in [-0.25, -0.2) is 12.8 Å². The van der Waals surface area contributed by atoms with Gasteiger partial charge >= 0.3 is 0 Å². The van der Waals surface area contributed by atoms with Crippen molar-refractivity contribution in [1.82, 2.24) is 4.31 Å². The smallest absolute Gasteiger partial charge is 0.214 e. The van der Waals surface area contributed by atoms with Gasteiger partial charge in [-0.05, 0) is 31.7 Å². The molecule has 0 radical (unpaired) electrons. The van der Waals surface area contributed by atoms with Gasteiger partial charge in [0.2, 0.25) is 10.0 Å². The summed E-state index contributed by atoms with van der Waals surface area (Å²) in [5.74, 6) is -0.150. The van der Waals surface area contributed by atoms with Gasteiger partial charge in [0.25, 0.3) is 0 Å². The van der Waals surface area contributed by atoms with Gasteiger partial charge in [-0.2, -0.15) is 4.31 Å². The van der Waals surface area contributed by atoms with E-state index in [1.54, 1.807) is 25.1 Å². The highest BCUT2D eigenvalue weighted by Gasteiger charge is 2.29. The monoisotopic (exact) mass is 315 g/mol. The van der Waals surface area contributed by atoms with Crippen molar-refractivity contribution in [2.45, 2.75) is 25.8 Å². The van der Waals surface area contributed by atoms with Crippen molar-refractivity contribution in [2.24, 2.45) is 5.92 Å². The molecule has 0 bridgehead atoms. The molecule has 1 atom stereocenters. The SMILES string of the molecule is C[C@@H](c1ccccc1F)N(C)S(=O)(=O)CC1CCOCC1. The first-order chi connectivity index (χ1) is 9.92. The van der Waals surface area contributed by atoms with E-state index in [2.05, 4.69) is 0 Å². The van der Waals surface area contributed by atoms with Crippen LogP contribution in [0.2, 0.25) is 0 Å². The van der Waals surface area contributed by atoms with Crippen LogP contribution in [0.15, 0.2) is 24.3 Å². The molecule has 6 heteroatoms. The van der Waals surface area contributed by atoms with Crippen LogP contribution in [0.3, 0.4) is 0 Å². The molecule has 0 spiro atoms. The molecule has 0 amide bonds. The zero-order valence-corrected chi connectivity index (χ0v) is 13.3. The first-order valence-electron chi connectivity index (χ1n) is 7.19. The molecule has 0 unspecified atom stereocenters. The summed E-state index contributed by atoms with van der Waals surface area (Å²) in [5.41, 5.74) is 0.399. The molecule has 1 aromatic rings. The molecule has 1 saturated heterocycles. The third-order valence-corrected chi connectivity index (χ3v) is 6.21. The second kappa shape index (κ2) is 6.85. The highest BCUT2D eigenvalue weighted by Crippen LogP contribution is 2.26. The van der Waals surface area contributed by atoms with E-state index in [0.29, 0.717) is 18.8 Å². The fourth-order valence-corrected chi connectivity index (χ4v) is 4.34. The summed E-state index contributed by atoms with van der Waals surface area (Å²) in [5, 5.41) is 0. The molecule has 0 N–H and O–H groups in total. The summed E-state index contributed by atoms with van der Waals surface area (Å²) < 4.78 is 45.3. The summed E-state index contributed by atoms with van der Waals surface area (Å²) in [6.07, 6.45) is 1.53.